The van der Waals surface area contributed by atoms with Gasteiger partial charge in [-0.05, 0) is 51.5 Å². The average molecular weight is 224 g/mol. The molecular formula is C14H28N2. The number of piperidine rings is 1. The summed E-state index contributed by atoms with van der Waals surface area (Å²) >= 11 is 0. The molecule has 2 aliphatic rings. The third-order valence-corrected chi connectivity index (χ3v) is 4.37. The van der Waals surface area contributed by atoms with Gasteiger partial charge in [0.25, 0.3) is 0 Å². The maximum absolute atomic E-state index is 3.51. The number of hydrogen-bond donors (Lipinski definition) is 1. The molecule has 1 aliphatic heterocycles. The zero-order valence-electron chi connectivity index (χ0n) is 11.2. The second-order valence-electron chi connectivity index (χ2n) is 6.13. The van der Waals surface area contributed by atoms with Gasteiger partial charge in [-0.15, -0.1) is 0 Å². The number of nitrogens with one attached hydrogen (secondary N) is 1. The molecule has 2 nitrogen and oxygen atoms in total. The molecule has 0 radical (unpaired) electrons. The van der Waals surface area contributed by atoms with Crippen molar-refractivity contribution in [3.05, 3.63) is 0 Å². The zero-order chi connectivity index (χ0) is 11.5. The van der Waals surface area contributed by atoms with E-state index < -0.39 is 0 Å². The van der Waals surface area contributed by atoms with Gasteiger partial charge in [0.05, 0.1) is 0 Å². The molecule has 2 fully saturated rings. The van der Waals surface area contributed by atoms with Crippen molar-refractivity contribution in [3.63, 3.8) is 0 Å². The lowest BCUT2D eigenvalue weighted by molar-refractivity contribution is 0.150. The third-order valence-electron chi connectivity index (χ3n) is 4.37. The van der Waals surface area contributed by atoms with Crippen LogP contribution in [0.25, 0.3) is 0 Å². The molecule has 1 saturated carbocycles. The zero-order valence-corrected chi connectivity index (χ0v) is 11.2. The van der Waals surface area contributed by atoms with Crippen molar-refractivity contribution < 1.29 is 0 Å². The Kier molecular flexibility index (Phi) is 4.26. The van der Waals surface area contributed by atoms with Crippen molar-refractivity contribution in [2.24, 2.45) is 5.92 Å². The first kappa shape index (κ1) is 12.4. The van der Waals surface area contributed by atoms with E-state index >= 15 is 0 Å². The van der Waals surface area contributed by atoms with Crippen molar-refractivity contribution >= 4 is 0 Å². The predicted molar refractivity (Wildman–Crippen MR) is 69.7 cm³/mol. The van der Waals surface area contributed by atoms with Crippen LogP contribution >= 0.6 is 0 Å². The lowest BCUT2D eigenvalue weighted by atomic mass is 10.1. The topological polar surface area (TPSA) is 15.3 Å². The Morgan fingerprint density at radius 1 is 1.25 bits per heavy atom. The monoisotopic (exact) mass is 224 g/mol. The normalized spacial score (nSPS) is 31.5. The van der Waals surface area contributed by atoms with E-state index in [4.69, 9.17) is 0 Å². The van der Waals surface area contributed by atoms with Gasteiger partial charge in [0, 0.05) is 24.7 Å². The van der Waals surface area contributed by atoms with E-state index in [0.29, 0.717) is 6.04 Å². The molecule has 0 spiro atoms. The SMILES string of the molecule is CC(C)NCCCC(C)N1CC2CCC1C2. The number of rotatable bonds is 6. The van der Waals surface area contributed by atoms with Crippen LogP contribution in [0.4, 0.5) is 0 Å². The molecule has 3 unspecified atom stereocenters. The first-order valence-electron chi connectivity index (χ1n) is 7.16. The summed E-state index contributed by atoms with van der Waals surface area (Å²) in [6, 6.07) is 2.39. The van der Waals surface area contributed by atoms with Crippen LogP contribution in [-0.2, 0) is 0 Å². The quantitative estimate of drug-likeness (QED) is 0.698. The Labute approximate surface area is 101 Å². The molecule has 3 atom stereocenters. The largest absolute Gasteiger partial charge is 0.315 e. The third kappa shape index (κ3) is 2.98. The highest BCUT2D eigenvalue weighted by molar-refractivity contribution is 4.94. The van der Waals surface area contributed by atoms with Crippen LogP contribution in [0.1, 0.15) is 52.9 Å². The standard InChI is InChI=1S/C14H28N2/c1-11(2)15-8-4-5-12(3)16-10-13-6-7-14(16)9-13/h11-15H,4-10H2,1-3H3. The van der Waals surface area contributed by atoms with Gasteiger partial charge in [-0.2, -0.15) is 0 Å². The Morgan fingerprint density at radius 3 is 2.62 bits per heavy atom. The summed E-state index contributed by atoms with van der Waals surface area (Å²) in [5, 5.41) is 3.51. The van der Waals surface area contributed by atoms with E-state index in [1.165, 1.54) is 45.2 Å². The highest BCUT2D eigenvalue weighted by Gasteiger charge is 2.39. The van der Waals surface area contributed by atoms with Crippen LogP contribution in [0, 0.1) is 5.92 Å². The summed E-state index contributed by atoms with van der Waals surface area (Å²) in [6.45, 7) is 9.45. The Balaban J connectivity index is 1.63. The maximum Gasteiger partial charge on any atom is 0.0101 e. The van der Waals surface area contributed by atoms with E-state index in [9.17, 15) is 0 Å². The van der Waals surface area contributed by atoms with E-state index in [1.54, 1.807) is 0 Å². The Hall–Kier alpha value is -0.0800. The molecule has 0 aromatic carbocycles. The van der Waals surface area contributed by atoms with Gasteiger partial charge in [0.1, 0.15) is 0 Å². The van der Waals surface area contributed by atoms with Gasteiger partial charge in [0.2, 0.25) is 0 Å². The summed E-state index contributed by atoms with van der Waals surface area (Å²) < 4.78 is 0. The van der Waals surface area contributed by atoms with Crippen molar-refractivity contribution in [3.8, 4) is 0 Å². The van der Waals surface area contributed by atoms with Gasteiger partial charge in [-0.25, -0.2) is 0 Å². The molecule has 1 heterocycles. The fourth-order valence-corrected chi connectivity index (χ4v) is 3.46. The van der Waals surface area contributed by atoms with Crippen molar-refractivity contribution in [1.82, 2.24) is 10.2 Å². The van der Waals surface area contributed by atoms with E-state index in [-0.39, 0.29) is 0 Å². The highest BCUT2D eigenvalue weighted by atomic mass is 15.2. The highest BCUT2D eigenvalue weighted by Crippen LogP contribution is 2.38. The van der Waals surface area contributed by atoms with Crippen molar-refractivity contribution in [2.45, 2.75) is 71.0 Å². The minimum Gasteiger partial charge on any atom is -0.315 e. The molecule has 2 bridgehead atoms. The van der Waals surface area contributed by atoms with E-state index in [2.05, 4.69) is 31.0 Å². The molecule has 0 aromatic rings. The lowest BCUT2D eigenvalue weighted by Gasteiger charge is -2.32. The van der Waals surface area contributed by atoms with E-state index in [1.807, 2.05) is 0 Å². The molecular weight excluding hydrogens is 196 g/mol. The van der Waals surface area contributed by atoms with Gasteiger partial charge >= 0.3 is 0 Å². The molecule has 1 N–H and O–H groups in total. The molecule has 1 aliphatic carbocycles. The van der Waals surface area contributed by atoms with Crippen LogP contribution in [-0.4, -0.2) is 36.1 Å². The lowest BCUT2D eigenvalue weighted by Crippen LogP contribution is -2.39. The molecule has 16 heavy (non-hydrogen) atoms. The molecule has 2 rings (SSSR count). The van der Waals surface area contributed by atoms with Crippen LogP contribution in [0.2, 0.25) is 0 Å². The Morgan fingerprint density at radius 2 is 2.06 bits per heavy atom. The van der Waals surface area contributed by atoms with Crippen molar-refractivity contribution in [2.75, 3.05) is 13.1 Å². The minimum absolute atomic E-state index is 0.637. The minimum atomic E-state index is 0.637. The predicted octanol–water partition coefficient (Wildman–Crippen LogP) is 2.64. The second kappa shape index (κ2) is 5.50. The number of nitrogens with zero attached hydrogens (tertiary/aromatic N) is 1. The molecule has 1 saturated heterocycles. The molecule has 2 heteroatoms. The smallest absolute Gasteiger partial charge is 0.0101 e. The molecule has 94 valence electrons. The Bertz CT molecular complexity index is 215. The average Bonchev–Trinajstić information content (AvgIpc) is 2.85. The number of hydrogen-bond acceptors (Lipinski definition) is 2. The first-order valence-corrected chi connectivity index (χ1v) is 7.16. The second-order valence-corrected chi connectivity index (χ2v) is 6.13. The fourth-order valence-electron chi connectivity index (χ4n) is 3.46. The summed E-state index contributed by atoms with van der Waals surface area (Å²) in [5.74, 6) is 1.04. The molecule has 0 amide bonds. The summed E-state index contributed by atoms with van der Waals surface area (Å²) in [7, 11) is 0. The van der Waals surface area contributed by atoms with Crippen LogP contribution < -0.4 is 5.32 Å². The van der Waals surface area contributed by atoms with Gasteiger partial charge in [-0.3, -0.25) is 4.90 Å². The van der Waals surface area contributed by atoms with Crippen molar-refractivity contribution in [1.29, 1.82) is 0 Å². The van der Waals surface area contributed by atoms with Crippen LogP contribution in [0.15, 0.2) is 0 Å². The number of fused-ring (bicyclic) bond motifs is 2. The molecule has 0 aromatic heterocycles. The fraction of sp³-hybridized carbons (Fsp3) is 1.00. The van der Waals surface area contributed by atoms with Gasteiger partial charge in [0.15, 0.2) is 0 Å². The summed E-state index contributed by atoms with van der Waals surface area (Å²) in [4.78, 5) is 2.78. The van der Waals surface area contributed by atoms with Gasteiger partial charge in [-0.1, -0.05) is 13.8 Å². The van der Waals surface area contributed by atoms with Crippen LogP contribution in [0.5, 0.6) is 0 Å². The first-order chi connectivity index (χ1) is 7.66. The number of likely N-dealkylation sites (tertiary alicyclic amines) is 1. The summed E-state index contributed by atoms with van der Waals surface area (Å²) in [6.07, 6.45) is 7.16. The van der Waals surface area contributed by atoms with Crippen LogP contribution in [0.3, 0.4) is 0 Å². The van der Waals surface area contributed by atoms with Gasteiger partial charge < -0.3 is 5.32 Å². The van der Waals surface area contributed by atoms with E-state index in [0.717, 1.165) is 18.0 Å². The summed E-state index contributed by atoms with van der Waals surface area (Å²) in [5.41, 5.74) is 0. The maximum atomic E-state index is 3.51.